The summed E-state index contributed by atoms with van der Waals surface area (Å²) in [5.41, 5.74) is 0.546. The summed E-state index contributed by atoms with van der Waals surface area (Å²) in [5.74, 6) is -3.41. The van der Waals surface area contributed by atoms with Crippen LogP contribution in [0.25, 0.3) is 0 Å². The number of methoxy groups -OCH3 is 1. The number of amides is 2. The molecule has 32 heavy (non-hydrogen) atoms. The van der Waals surface area contributed by atoms with Gasteiger partial charge in [0, 0.05) is 19.2 Å². The van der Waals surface area contributed by atoms with Crippen LogP contribution in [0.5, 0.6) is 0 Å². The maximum Gasteiger partial charge on any atom is 0.408 e. The second-order valence-corrected chi connectivity index (χ2v) is 6.84. The van der Waals surface area contributed by atoms with E-state index in [4.69, 9.17) is 9.84 Å². The molecule has 0 radical (unpaired) electrons. The normalized spacial score (nSPS) is 11.2. The van der Waals surface area contributed by atoms with Crippen molar-refractivity contribution in [3.63, 3.8) is 0 Å². The Morgan fingerprint density at radius 3 is 2.44 bits per heavy atom. The molecule has 170 valence electrons. The lowest BCUT2D eigenvalue weighted by Gasteiger charge is -2.24. The van der Waals surface area contributed by atoms with Crippen molar-refractivity contribution in [2.45, 2.75) is 25.6 Å². The van der Waals surface area contributed by atoms with Crippen molar-refractivity contribution in [1.29, 1.82) is 0 Å². The number of carboxylic acids is 1. The van der Waals surface area contributed by atoms with E-state index in [0.717, 1.165) is 35.8 Å². The van der Waals surface area contributed by atoms with Gasteiger partial charge >= 0.3 is 18.0 Å². The maximum atomic E-state index is 14.1. The van der Waals surface area contributed by atoms with Crippen molar-refractivity contribution < 1.29 is 38.1 Å². The van der Waals surface area contributed by atoms with E-state index in [1.807, 2.05) is 0 Å². The Kier molecular flexibility index (Phi) is 8.70. The minimum Gasteiger partial charge on any atom is -0.478 e. The number of hydrogen-bond donors (Lipinski definition) is 2. The van der Waals surface area contributed by atoms with Gasteiger partial charge in [-0.05, 0) is 23.8 Å². The number of carbonyl (C=O) groups excluding carboxylic acids is 3. The highest BCUT2D eigenvalue weighted by molar-refractivity contribution is 5.90. The predicted octanol–water partition coefficient (Wildman–Crippen LogP) is 2.34. The summed E-state index contributed by atoms with van der Waals surface area (Å²) in [6.45, 7) is -0.334. The first-order valence-electron chi connectivity index (χ1n) is 9.52. The molecule has 2 amide bonds. The molecule has 9 nitrogen and oxygen atoms in total. The lowest BCUT2D eigenvalue weighted by atomic mass is 10.1. The molecule has 0 aliphatic heterocycles. The van der Waals surface area contributed by atoms with Gasteiger partial charge in [0.15, 0.2) is 0 Å². The third-order valence-electron chi connectivity index (χ3n) is 4.48. The van der Waals surface area contributed by atoms with Crippen molar-refractivity contribution in [2.75, 3.05) is 14.2 Å². The summed E-state index contributed by atoms with van der Waals surface area (Å²) in [6.07, 6.45) is -1.40. The fraction of sp³-hybridized carbons (Fsp3) is 0.273. The van der Waals surface area contributed by atoms with Crippen molar-refractivity contribution in [3.8, 4) is 0 Å². The SMILES string of the molecule is COC(=O)CC(NC(=O)OCc1ccccc1)C(=O)N(C)Cc1cc(C(=O)O)ccc1F. The molecule has 1 unspecified atom stereocenters. The first kappa shape index (κ1) is 24.3. The minimum atomic E-state index is -1.33. The second kappa shape index (κ2) is 11.4. The molecule has 2 aromatic rings. The Hall–Kier alpha value is -3.95. The Bertz CT molecular complexity index is 981. The van der Waals surface area contributed by atoms with E-state index < -0.39 is 42.2 Å². The summed E-state index contributed by atoms with van der Waals surface area (Å²) < 4.78 is 23.8. The lowest BCUT2D eigenvalue weighted by molar-refractivity contribution is -0.144. The number of alkyl carbamates (subject to hydrolysis) is 1. The van der Waals surface area contributed by atoms with Crippen LogP contribution in [-0.4, -0.2) is 54.1 Å². The van der Waals surface area contributed by atoms with Crippen molar-refractivity contribution >= 4 is 23.9 Å². The van der Waals surface area contributed by atoms with Crippen molar-refractivity contribution in [3.05, 3.63) is 71.0 Å². The predicted molar refractivity (Wildman–Crippen MR) is 110 cm³/mol. The molecule has 0 aromatic heterocycles. The summed E-state index contributed by atoms with van der Waals surface area (Å²) in [4.78, 5) is 48.9. The van der Waals surface area contributed by atoms with Gasteiger partial charge in [0.1, 0.15) is 18.5 Å². The number of likely N-dealkylation sites (N-methyl/N-ethyl adjacent to an activating group) is 1. The van der Waals surface area contributed by atoms with Crippen LogP contribution in [0.3, 0.4) is 0 Å². The highest BCUT2D eigenvalue weighted by atomic mass is 19.1. The number of nitrogens with one attached hydrogen (secondary N) is 1. The van der Waals surface area contributed by atoms with Gasteiger partial charge in [-0.2, -0.15) is 0 Å². The summed E-state index contributed by atoms with van der Waals surface area (Å²) in [6, 6.07) is 10.7. The molecule has 2 rings (SSSR count). The average Bonchev–Trinajstić information content (AvgIpc) is 2.78. The number of rotatable bonds is 9. The smallest absolute Gasteiger partial charge is 0.408 e. The van der Waals surface area contributed by atoms with Gasteiger partial charge in [-0.25, -0.2) is 14.0 Å². The largest absolute Gasteiger partial charge is 0.478 e. The molecule has 2 N–H and O–H groups in total. The average molecular weight is 446 g/mol. The Balaban J connectivity index is 2.08. The fourth-order valence-corrected chi connectivity index (χ4v) is 2.79. The topological polar surface area (TPSA) is 122 Å². The number of halogens is 1. The van der Waals surface area contributed by atoms with E-state index in [1.54, 1.807) is 30.3 Å². The zero-order chi connectivity index (χ0) is 23.7. The molecule has 2 aromatic carbocycles. The number of nitrogens with zero attached hydrogens (tertiary/aromatic N) is 1. The number of benzene rings is 2. The number of carbonyl (C=O) groups is 4. The molecular formula is C22H23FN2O7. The molecule has 0 aliphatic rings. The highest BCUT2D eigenvalue weighted by Crippen LogP contribution is 2.14. The minimum absolute atomic E-state index is 0.0378. The summed E-state index contributed by atoms with van der Waals surface area (Å²) in [7, 11) is 2.46. The van der Waals surface area contributed by atoms with Crippen LogP contribution in [0.4, 0.5) is 9.18 Å². The van der Waals surface area contributed by atoms with Crippen LogP contribution in [-0.2, 0) is 32.2 Å². The number of carboxylic acid groups (broad SMARTS) is 1. The maximum absolute atomic E-state index is 14.1. The highest BCUT2D eigenvalue weighted by Gasteiger charge is 2.28. The Labute approximate surface area is 183 Å². The van der Waals surface area contributed by atoms with Gasteiger partial charge in [-0.3, -0.25) is 9.59 Å². The molecule has 0 aliphatic carbocycles. The fourth-order valence-electron chi connectivity index (χ4n) is 2.79. The van der Waals surface area contributed by atoms with Gasteiger partial charge in [0.2, 0.25) is 5.91 Å². The first-order chi connectivity index (χ1) is 15.2. The Morgan fingerprint density at radius 1 is 1.12 bits per heavy atom. The monoisotopic (exact) mass is 446 g/mol. The van der Waals surface area contributed by atoms with Crippen molar-refractivity contribution in [2.24, 2.45) is 0 Å². The molecule has 0 heterocycles. The van der Waals surface area contributed by atoms with Crippen LogP contribution < -0.4 is 5.32 Å². The molecule has 0 fully saturated rings. The van der Waals surface area contributed by atoms with Crippen LogP contribution >= 0.6 is 0 Å². The van der Waals surface area contributed by atoms with E-state index in [2.05, 4.69) is 10.1 Å². The van der Waals surface area contributed by atoms with Crippen LogP contribution in [0.1, 0.15) is 27.9 Å². The number of hydrogen-bond acceptors (Lipinski definition) is 6. The van der Waals surface area contributed by atoms with E-state index in [1.165, 1.54) is 7.05 Å². The zero-order valence-corrected chi connectivity index (χ0v) is 17.5. The number of aromatic carboxylic acids is 1. The zero-order valence-electron chi connectivity index (χ0n) is 17.5. The number of ether oxygens (including phenoxy) is 2. The van der Waals surface area contributed by atoms with E-state index in [0.29, 0.717) is 0 Å². The standard InChI is InChI=1S/C22H23FN2O7/c1-25(12-16-10-15(21(28)29)8-9-17(16)23)20(27)18(11-19(26)31-2)24-22(30)32-13-14-6-4-3-5-7-14/h3-10,18H,11-13H2,1-2H3,(H,24,30)(H,28,29). The molecule has 0 spiro atoms. The molecule has 10 heteroatoms. The third kappa shape index (κ3) is 7.08. The Morgan fingerprint density at radius 2 is 1.81 bits per heavy atom. The molecule has 0 saturated carbocycles. The molecule has 0 bridgehead atoms. The van der Waals surface area contributed by atoms with Crippen LogP contribution in [0, 0.1) is 5.82 Å². The molecule has 0 saturated heterocycles. The van der Waals surface area contributed by atoms with Gasteiger partial charge in [-0.15, -0.1) is 0 Å². The summed E-state index contributed by atoms with van der Waals surface area (Å²) >= 11 is 0. The van der Waals surface area contributed by atoms with Gasteiger partial charge < -0.3 is 24.8 Å². The third-order valence-corrected chi connectivity index (χ3v) is 4.48. The van der Waals surface area contributed by atoms with E-state index in [9.17, 15) is 23.6 Å². The molecule has 1 atom stereocenters. The first-order valence-corrected chi connectivity index (χ1v) is 9.52. The van der Waals surface area contributed by atoms with Gasteiger partial charge in [0.05, 0.1) is 19.1 Å². The quantitative estimate of drug-likeness (QED) is 0.567. The van der Waals surface area contributed by atoms with Gasteiger partial charge in [-0.1, -0.05) is 30.3 Å². The van der Waals surface area contributed by atoms with Gasteiger partial charge in [0.25, 0.3) is 0 Å². The van der Waals surface area contributed by atoms with Crippen LogP contribution in [0.2, 0.25) is 0 Å². The van der Waals surface area contributed by atoms with Crippen molar-refractivity contribution in [1.82, 2.24) is 10.2 Å². The van der Waals surface area contributed by atoms with E-state index in [-0.39, 0.29) is 24.3 Å². The summed E-state index contributed by atoms with van der Waals surface area (Å²) in [5, 5.41) is 11.4. The van der Waals surface area contributed by atoms with Crippen LogP contribution in [0.15, 0.2) is 48.5 Å². The number of esters is 1. The second-order valence-electron chi connectivity index (χ2n) is 6.84. The van der Waals surface area contributed by atoms with E-state index >= 15 is 0 Å². The lowest BCUT2D eigenvalue weighted by Crippen LogP contribution is -2.48. The molecular weight excluding hydrogens is 423 g/mol.